The van der Waals surface area contributed by atoms with Crippen LogP contribution in [0.4, 0.5) is 13.2 Å². The zero-order valence-electron chi connectivity index (χ0n) is 13.9. The predicted octanol–water partition coefficient (Wildman–Crippen LogP) is 4.95. The number of benzene rings is 1. The second kappa shape index (κ2) is 6.49. The van der Waals surface area contributed by atoms with Gasteiger partial charge in [0.05, 0.1) is 5.57 Å². The molecule has 1 unspecified atom stereocenters. The highest BCUT2D eigenvalue weighted by Gasteiger charge is 2.48. The first-order valence-corrected chi connectivity index (χ1v) is 7.89. The highest BCUT2D eigenvalue weighted by atomic mass is 19.4. The number of carbonyl (C=O) groups is 1. The van der Waals surface area contributed by atoms with Gasteiger partial charge in [-0.2, -0.15) is 13.2 Å². The summed E-state index contributed by atoms with van der Waals surface area (Å²) in [4.78, 5) is 11.1. The summed E-state index contributed by atoms with van der Waals surface area (Å²) in [6, 6.07) is 5.04. The van der Waals surface area contributed by atoms with Crippen LogP contribution in [0.25, 0.3) is 6.08 Å². The van der Waals surface area contributed by atoms with E-state index in [2.05, 4.69) is 6.92 Å². The Bertz CT molecular complexity index is 660. The van der Waals surface area contributed by atoms with Gasteiger partial charge in [-0.3, -0.25) is 0 Å². The minimum Gasteiger partial charge on any atom is -0.478 e. The van der Waals surface area contributed by atoms with Crippen molar-refractivity contribution in [3.63, 3.8) is 0 Å². The van der Waals surface area contributed by atoms with E-state index in [-0.39, 0.29) is 11.2 Å². The van der Waals surface area contributed by atoms with Crippen molar-refractivity contribution < 1.29 is 27.8 Å². The quantitative estimate of drug-likeness (QED) is 0.824. The first-order valence-electron chi connectivity index (χ1n) is 7.89. The van der Waals surface area contributed by atoms with Crippen molar-refractivity contribution in [1.29, 1.82) is 0 Å². The molecular formula is C18H21F3O3. The zero-order valence-corrected chi connectivity index (χ0v) is 13.9. The Balaban J connectivity index is 2.43. The summed E-state index contributed by atoms with van der Waals surface area (Å²) in [5.74, 6) is -1.56. The molecule has 1 aliphatic rings. The number of hydrogen-bond acceptors (Lipinski definition) is 2. The fourth-order valence-corrected chi connectivity index (χ4v) is 2.79. The lowest BCUT2D eigenvalue weighted by Crippen LogP contribution is -2.40. The van der Waals surface area contributed by atoms with E-state index in [1.807, 2.05) is 19.9 Å². The van der Waals surface area contributed by atoms with Crippen molar-refractivity contribution in [3.8, 4) is 5.75 Å². The Morgan fingerprint density at radius 1 is 1.29 bits per heavy atom. The van der Waals surface area contributed by atoms with E-state index < -0.39 is 23.8 Å². The molecule has 0 saturated carbocycles. The van der Waals surface area contributed by atoms with Crippen molar-refractivity contribution in [1.82, 2.24) is 0 Å². The summed E-state index contributed by atoms with van der Waals surface area (Å²) in [7, 11) is 0. The third kappa shape index (κ3) is 3.74. The lowest BCUT2D eigenvalue weighted by atomic mass is 9.79. The van der Waals surface area contributed by atoms with Crippen LogP contribution in [0.1, 0.15) is 51.2 Å². The Morgan fingerprint density at radius 3 is 2.50 bits per heavy atom. The normalized spacial score (nSPS) is 17.8. The van der Waals surface area contributed by atoms with Crippen molar-refractivity contribution >= 4 is 12.0 Å². The van der Waals surface area contributed by atoms with Crippen LogP contribution in [0.5, 0.6) is 5.75 Å². The predicted molar refractivity (Wildman–Crippen MR) is 85.1 cm³/mol. The van der Waals surface area contributed by atoms with Crippen molar-refractivity contribution in [2.75, 3.05) is 0 Å². The maximum Gasteiger partial charge on any atom is 0.430 e. The number of unbranched alkanes of at least 4 members (excludes halogenated alkanes) is 1. The van der Waals surface area contributed by atoms with Gasteiger partial charge in [-0.1, -0.05) is 45.7 Å². The fourth-order valence-electron chi connectivity index (χ4n) is 2.79. The molecule has 0 spiro atoms. The number of alkyl halides is 3. The Morgan fingerprint density at radius 2 is 1.96 bits per heavy atom. The molecule has 0 bridgehead atoms. The number of aliphatic carboxylic acids is 1. The molecule has 0 fully saturated rings. The number of hydrogen-bond donors (Lipinski definition) is 1. The highest BCUT2D eigenvalue weighted by Crippen LogP contribution is 2.40. The van der Waals surface area contributed by atoms with E-state index in [1.54, 1.807) is 12.1 Å². The van der Waals surface area contributed by atoms with E-state index in [1.165, 1.54) is 0 Å². The lowest BCUT2D eigenvalue weighted by Gasteiger charge is -2.30. The number of halogens is 3. The van der Waals surface area contributed by atoms with Gasteiger partial charge >= 0.3 is 12.1 Å². The summed E-state index contributed by atoms with van der Waals surface area (Å²) in [5.41, 5.74) is 0.234. The maximum atomic E-state index is 13.1. The molecule has 1 atom stereocenters. The SMILES string of the molecule is CCCCC(C)(C)c1ccc2c(c1)OC(C(F)(F)F)C(C(=O)O)=C2. The first kappa shape index (κ1) is 18.4. The van der Waals surface area contributed by atoms with Gasteiger partial charge in [-0.25, -0.2) is 4.79 Å². The van der Waals surface area contributed by atoms with Gasteiger partial charge in [-0.05, 0) is 29.5 Å². The van der Waals surface area contributed by atoms with E-state index >= 15 is 0 Å². The first-order chi connectivity index (χ1) is 11.1. The second-order valence-electron chi connectivity index (χ2n) is 6.68. The third-order valence-electron chi connectivity index (χ3n) is 4.33. The van der Waals surface area contributed by atoms with Gasteiger partial charge in [0.25, 0.3) is 0 Å². The van der Waals surface area contributed by atoms with E-state index in [9.17, 15) is 18.0 Å². The van der Waals surface area contributed by atoms with Crippen LogP contribution < -0.4 is 4.74 Å². The van der Waals surface area contributed by atoms with Crippen LogP contribution >= 0.6 is 0 Å². The van der Waals surface area contributed by atoms with Crippen LogP contribution in [0, 0.1) is 0 Å². The summed E-state index contributed by atoms with van der Waals surface area (Å²) < 4.78 is 44.4. The Kier molecular flexibility index (Phi) is 4.97. The number of ether oxygens (including phenoxy) is 1. The minimum absolute atomic E-state index is 0.0735. The van der Waals surface area contributed by atoms with Crippen LogP contribution in [0.3, 0.4) is 0 Å². The lowest BCUT2D eigenvalue weighted by molar-refractivity contribution is -0.187. The number of carboxylic acids is 1. The molecule has 0 amide bonds. The highest BCUT2D eigenvalue weighted by molar-refractivity contribution is 5.95. The average Bonchev–Trinajstić information content (AvgIpc) is 2.50. The van der Waals surface area contributed by atoms with Crippen LogP contribution in [-0.2, 0) is 10.2 Å². The smallest absolute Gasteiger partial charge is 0.430 e. The molecule has 0 aromatic heterocycles. The van der Waals surface area contributed by atoms with E-state index in [4.69, 9.17) is 9.84 Å². The number of carboxylic acid groups (broad SMARTS) is 1. The van der Waals surface area contributed by atoms with Gasteiger partial charge in [0.15, 0.2) is 0 Å². The molecule has 1 heterocycles. The Hall–Kier alpha value is -1.98. The van der Waals surface area contributed by atoms with Crippen LogP contribution in [0.15, 0.2) is 23.8 Å². The molecule has 2 rings (SSSR count). The van der Waals surface area contributed by atoms with Crippen molar-refractivity contribution in [2.24, 2.45) is 0 Å². The van der Waals surface area contributed by atoms with Gasteiger partial charge in [0, 0.05) is 5.56 Å². The fraction of sp³-hybridized carbons (Fsp3) is 0.500. The monoisotopic (exact) mass is 342 g/mol. The molecule has 0 aliphatic carbocycles. The van der Waals surface area contributed by atoms with Crippen LogP contribution in [-0.4, -0.2) is 23.4 Å². The molecule has 1 N–H and O–H groups in total. The average molecular weight is 342 g/mol. The largest absolute Gasteiger partial charge is 0.478 e. The topological polar surface area (TPSA) is 46.5 Å². The van der Waals surface area contributed by atoms with Gasteiger partial charge < -0.3 is 9.84 Å². The molecule has 0 saturated heterocycles. The standard InChI is InChI=1S/C18H21F3O3/c1-4-5-8-17(2,3)12-7-6-11-9-13(16(22)23)15(18(19,20)21)24-14(11)10-12/h6-7,9-10,15H,4-5,8H2,1-3H3,(H,22,23). The summed E-state index contributed by atoms with van der Waals surface area (Å²) >= 11 is 0. The molecular weight excluding hydrogens is 321 g/mol. The van der Waals surface area contributed by atoms with Crippen molar-refractivity contribution in [2.45, 2.75) is 57.7 Å². The molecule has 24 heavy (non-hydrogen) atoms. The molecule has 1 aromatic carbocycles. The summed E-state index contributed by atoms with van der Waals surface area (Å²) in [6.45, 7) is 6.15. The Labute approximate surface area is 139 Å². The van der Waals surface area contributed by atoms with E-state index in [0.29, 0.717) is 5.56 Å². The molecule has 3 nitrogen and oxygen atoms in total. The molecule has 1 aliphatic heterocycles. The van der Waals surface area contributed by atoms with Gasteiger partial charge in [0.2, 0.25) is 6.10 Å². The van der Waals surface area contributed by atoms with E-state index in [0.717, 1.165) is 30.9 Å². The second-order valence-corrected chi connectivity index (χ2v) is 6.68. The van der Waals surface area contributed by atoms with Crippen molar-refractivity contribution in [3.05, 3.63) is 34.9 Å². The zero-order chi connectivity index (χ0) is 18.1. The van der Waals surface area contributed by atoms with Gasteiger partial charge in [0.1, 0.15) is 5.75 Å². The maximum absolute atomic E-state index is 13.1. The summed E-state index contributed by atoms with van der Waals surface area (Å²) in [5, 5.41) is 9.03. The molecule has 1 aromatic rings. The molecule has 132 valence electrons. The van der Waals surface area contributed by atoms with Gasteiger partial charge in [-0.15, -0.1) is 0 Å². The third-order valence-corrected chi connectivity index (χ3v) is 4.33. The number of fused-ring (bicyclic) bond motifs is 1. The molecule has 0 radical (unpaired) electrons. The minimum atomic E-state index is -4.78. The summed E-state index contributed by atoms with van der Waals surface area (Å²) in [6.07, 6.45) is -3.24. The molecule has 6 heteroatoms. The van der Waals surface area contributed by atoms with Crippen LogP contribution in [0.2, 0.25) is 0 Å². The number of rotatable bonds is 5.